The zero-order valence-corrected chi connectivity index (χ0v) is 35.8. The molecule has 1 unspecified atom stereocenters. The molecule has 13 nitrogen and oxygen atoms in total. The highest BCUT2D eigenvalue weighted by Crippen LogP contribution is 2.41. The molecule has 326 valence electrons. The summed E-state index contributed by atoms with van der Waals surface area (Å²) in [4.78, 5) is 53.5. The minimum atomic E-state index is -1.43. The smallest absolute Gasteiger partial charge is 0.306 e. The molecule has 0 aliphatic heterocycles. The van der Waals surface area contributed by atoms with Crippen LogP contribution in [0.2, 0.25) is 0 Å². The third-order valence-electron chi connectivity index (χ3n) is 9.15. The fourth-order valence-electron chi connectivity index (χ4n) is 6.62. The lowest BCUT2D eigenvalue weighted by molar-refractivity contribution is -0.183. The van der Waals surface area contributed by atoms with Crippen LogP contribution in [0, 0.1) is 17.0 Å². The van der Waals surface area contributed by atoms with E-state index in [4.69, 9.17) is 15.2 Å². The van der Waals surface area contributed by atoms with Crippen molar-refractivity contribution in [1.29, 1.82) is 0 Å². The zero-order valence-electron chi connectivity index (χ0n) is 35.8. The number of esters is 1. The monoisotopic (exact) mass is 827 g/mol. The Labute approximate surface area is 346 Å². The number of rotatable bonds is 19. The van der Waals surface area contributed by atoms with Crippen molar-refractivity contribution < 1.29 is 47.6 Å². The van der Waals surface area contributed by atoms with Crippen molar-refractivity contribution >= 4 is 23.7 Å². The van der Waals surface area contributed by atoms with Crippen LogP contribution in [0.1, 0.15) is 105 Å². The summed E-state index contributed by atoms with van der Waals surface area (Å²) in [7, 11) is 0. The van der Waals surface area contributed by atoms with E-state index in [1.54, 1.807) is 53.8 Å². The lowest BCUT2D eigenvalue weighted by Gasteiger charge is -2.41. The number of aliphatic hydroxyl groups excluding tert-OH is 2. The van der Waals surface area contributed by atoms with Crippen LogP contribution in [0.15, 0.2) is 60.8 Å². The van der Waals surface area contributed by atoms with Gasteiger partial charge < -0.3 is 45.5 Å². The van der Waals surface area contributed by atoms with Gasteiger partial charge >= 0.3 is 5.97 Å². The quantitative estimate of drug-likeness (QED) is 0.0785. The normalized spacial score (nSPS) is 14.2. The molecule has 6 N–H and O–H groups in total. The second-order valence-corrected chi connectivity index (χ2v) is 17.8. The van der Waals surface area contributed by atoms with Gasteiger partial charge in [-0.25, -0.2) is 8.78 Å². The summed E-state index contributed by atoms with van der Waals surface area (Å²) in [5.41, 5.74) is 6.13. The van der Waals surface area contributed by atoms with Crippen LogP contribution in [0.25, 0.3) is 11.1 Å². The summed E-state index contributed by atoms with van der Waals surface area (Å²) in [6.07, 6.45) is 0.0176. The molecule has 2 aromatic carbocycles. The summed E-state index contributed by atoms with van der Waals surface area (Å²) in [6, 6.07) is 11.6. The van der Waals surface area contributed by atoms with E-state index < -0.39 is 83.0 Å². The van der Waals surface area contributed by atoms with E-state index >= 15 is 4.39 Å². The SMILES string of the molecule is CC(C)(C)OC(=O)CC[C@H](NC(=O)CCNC(=O)[C@@H](N)CCN(C(=O)CO)[C@@H](c1cc(-c2cc(F)ccc2F)cn1Cc1ccccc1)C(C)(C)C)C(O)OC(C)(C)C. The van der Waals surface area contributed by atoms with Crippen LogP contribution >= 0.6 is 0 Å². The van der Waals surface area contributed by atoms with Crippen molar-refractivity contribution in [3.8, 4) is 11.1 Å². The molecule has 1 aromatic heterocycles. The Bertz CT molecular complexity index is 1870. The van der Waals surface area contributed by atoms with Crippen LogP contribution in [-0.4, -0.2) is 92.6 Å². The van der Waals surface area contributed by atoms with Gasteiger partial charge in [-0.3, -0.25) is 19.2 Å². The number of hydrogen-bond acceptors (Lipinski definition) is 9. The van der Waals surface area contributed by atoms with Crippen LogP contribution in [0.3, 0.4) is 0 Å². The second kappa shape index (κ2) is 21.0. The molecule has 3 rings (SSSR count). The number of benzene rings is 2. The first-order chi connectivity index (χ1) is 27.4. The van der Waals surface area contributed by atoms with Gasteiger partial charge in [0, 0.05) is 55.5 Å². The number of carbonyl (C=O) groups excluding carboxylic acids is 4. The van der Waals surface area contributed by atoms with Crippen molar-refractivity contribution in [2.75, 3.05) is 19.7 Å². The van der Waals surface area contributed by atoms with Crippen molar-refractivity contribution in [3.05, 3.63) is 83.7 Å². The highest BCUT2D eigenvalue weighted by molar-refractivity contribution is 5.83. The van der Waals surface area contributed by atoms with Crippen molar-refractivity contribution in [2.45, 2.75) is 130 Å². The van der Waals surface area contributed by atoms with Gasteiger partial charge in [0.1, 0.15) is 23.8 Å². The number of aromatic nitrogens is 1. The number of hydrogen-bond donors (Lipinski definition) is 5. The predicted molar refractivity (Wildman–Crippen MR) is 220 cm³/mol. The highest BCUT2D eigenvalue weighted by atomic mass is 19.1. The Hall–Kier alpha value is -4.70. The van der Waals surface area contributed by atoms with E-state index in [0.29, 0.717) is 17.8 Å². The highest BCUT2D eigenvalue weighted by Gasteiger charge is 2.37. The van der Waals surface area contributed by atoms with Gasteiger partial charge in [0.15, 0.2) is 6.29 Å². The standard InChI is InChI=1S/C44H63F2N5O8/c1-42(2,3)39(35-23-29(31-24-30(45)15-16-32(31)46)26-50(35)25-28-13-11-10-12-14-28)51(37(54)27-52)22-20-33(47)40(56)48-21-19-36(53)49-34(41(57)59-44(7,8)9)17-18-38(55)58-43(4,5)6/h10-16,23-24,26,33-34,39,41,52,57H,17-22,25,27,47H2,1-9H3,(H,48,56)(H,49,53)/t33-,34-,39-,41?/m0/s1. The maximum Gasteiger partial charge on any atom is 0.306 e. The molecule has 0 bridgehead atoms. The van der Waals surface area contributed by atoms with E-state index in [-0.39, 0.29) is 44.3 Å². The molecule has 15 heteroatoms. The summed E-state index contributed by atoms with van der Waals surface area (Å²) < 4.78 is 42.3. The molecule has 0 aliphatic carbocycles. The average Bonchev–Trinajstić information content (AvgIpc) is 3.52. The van der Waals surface area contributed by atoms with Crippen molar-refractivity contribution in [2.24, 2.45) is 11.1 Å². The molecule has 59 heavy (non-hydrogen) atoms. The third-order valence-corrected chi connectivity index (χ3v) is 9.15. The van der Waals surface area contributed by atoms with Crippen LogP contribution in [0.4, 0.5) is 8.78 Å². The second-order valence-electron chi connectivity index (χ2n) is 17.8. The lowest BCUT2D eigenvalue weighted by Crippen LogP contribution is -2.49. The molecule has 0 fully saturated rings. The van der Waals surface area contributed by atoms with Gasteiger partial charge in [-0.15, -0.1) is 0 Å². The Morgan fingerprint density at radius 2 is 1.56 bits per heavy atom. The Morgan fingerprint density at radius 1 is 0.898 bits per heavy atom. The molecule has 0 aliphatic rings. The number of nitrogens with one attached hydrogen (secondary N) is 2. The molecule has 0 saturated carbocycles. The number of carbonyl (C=O) groups is 4. The van der Waals surface area contributed by atoms with Gasteiger partial charge in [0.05, 0.1) is 23.7 Å². The van der Waals surface area contributed by atoms with E-state index in [0.717, 1.165) is 23.8 Å². The van der Waals surface area contributed by atoms with Crippen LogP contribution < -0.4 is 16.4 Å². The topological polar surface area (TPSA) is 185 Å². The van der Waals surface area contributed by atoms with Crippen molar-refractivity contribution in [1.82, 2.24) is 20.1 Å². The van der Waals surface area contributed by atoms with Gasteiger partial charge in [0.2, 0.25) is 17.7 Å². The first-order valence-electron chi connectivity index (χ1n) is 19.9. The summed E-state index contributed by atoms with van der Waals surface area (Å²) >= 11 is 0. The maximum atomic E-state index is 15.1. The van der Waals surface area contributed by atoms with Gasteiger partial charge in [-0.2, -0.15) is 0 Å². The maximum absolute atomic E-state index is 15.1. The minimum absolute atomic E-state index is 0.0236. The average molecular weight is 828 g/mol. The third kappa shape index (κ3) is 15.8. The largest absolute Gasteiger partial charge is 0.460 e. The van der Waals surface area contributed by atoms with Crippen molar-refractivity contribution in [3.63, 3.8) is 0 Å². The van der Waals surface area contributed by atoms with E-state index in [1.807, 2.05) is 55.7 Å². The number of amides is 3. The van der Waals surface area contributed by atoms with Gasteiger partial charge in [-0.05, 0) is 89.6 Å². The Morgan fingerprint density at radius 3 is 2.15 bits per heavy atom. The molecule has 3 amide bonds. The van der Waals surface area contributed by atoms with E-state index in [9.17, 15) is 33.8 Å². The van der Waals surface area contributed by atoms with Crippen LogP contribution in [0.5, 0.6) is 0 Å². The zero-order chi connectivity index (χ0) is 44.3. The lowest BCUT2D eigenvalue weighted by atomic mass is 9.82. The predicted octanol–water partition coefficient (Wildman–Crippen LogP) is 5.35. The number of nitrogens with zero attached hydrogens (tertiary/aromatic N) is 2. The first kappa shape index (κ1) is 48.7. The fourth-order valence-corrected chi connectivity index (χ4v) is 6.62. The van der Waals surface area contributed by atoms with Crippen LogP contribution in [-0.2, 0) is 35.2 Å². The summed E-state index contributed by atoms with van der Waals surface area (Å²) in [6.45, 7) is 15.5. The number of ether oxygens (including phenoxy) is 2. The van der Waals surface area contributed by atoms with E-state index in [2.05, 4.69) is 10.6 Å². The first-order valence-corrected chi connectivity index (χ1v) is 19.9. The molecule has 3 aromatic rings. The minimum Gasteiger partial charge on any atom is -0.460 e. The molecular formula is C44H63F2N5O8. The molecule has 0 spiro atoms. The molecule has 1 heterocycles. The van der Waals surface area contributed by atoms with Gasteiger partial charge in [0.25, 0.3) is 0 Å². The summed E-state index contributed by atoms with van der Waals surface area (Å²) in [5.74, 6) is -3.47. The Balaban J connectivity index is 1.76. The fraction of sp³-hybridized carbons (Fsp3) is 0.545. The summed E-state index contributed by atoms with van der Waals surface area (Å²) in [5, 5.41) is 26.2. The number of aliphatic hydroxyl groups is 2. The molecule has 0 radical (unpaired) electrons. The molecule has 0 saturated heterocycles. The Kier molecular flexibility index (Phi) is 17.3. The molecule has 4 atom stereocenters. The number of halogens is 2. The van der Waals surface area contributed by atoms with E-state index in [1.165, 1.54) is 4.90 Å². The number of nitrogens with two attached hydrogens (primary N) is 1. The van der Waals surface area contributed by atoms with Gasteiger partial charge in [-0.1, -0.05) is 51.1 Å². The molecular weight excluding hydrogens is 765 g/mol.